The van der Waals surface area contributed by atoms with Crippen molar-refractivity contribution in [2.45, 2.75) is 6.92 Å². The van der Waals surface area contributed by atoms with Crippen molar-refractivity contribution in [2.75, 3.05) is 6.61 Å². The van der Waals surface area contributed by atoms with Gasteiger partial charge >= 0.3 is 0 Å². The van der Waals surface area contributed by atoms with Gasteiger partial charge in [0.1, 0.15) is 16.6 Å². The van der Waals surface area contributed by atoms with Crippen molar-refractivity contribution in [2.24, 2.45) is 5.73 Å². The molecule has 0 aliphatic rings. The number of thiocarbonyl (C=S) groups is 1. The molecule has 0 amide bonds. The molecule has 20 heavy (non-hydrogen) atoms. The summed E-state index contributed by atoms with van der Waals surface area (Å²) >= 11 is 4.86. The molecule has 0 radical (unpaired) electrons. The third kappa shape index (κ3) is 3.05. The van der Waals surface area contributed by atoms with E-state index in [0.29, 0.717) is 18.1 Å². The normalized spacial score (nSPS) is 10.1. The molecular formula is C15H14FNO2S. The summed E-state index contributed by atoms with van der Waals surface area (Å²) in [5.41, 5.74) is 5.64. The van der Waals surface area contributed by atoms with Gasteiger partial charge in [0.05, 0.1) is 12.2 Å². The summed E-state index contributed by atoms with van der Waals surface area (Å²) in [6, 6.07) is 11.6. The number of rotatable bonds is 5. The fraction of sp³-hybridized carbons (Fsp3) is 0.133. The summed E-state index contributed by atoms with van der Waals surface area (Å²) < 4.78 is 24.9. The maximum absolute atomic E-state index is 13.8. The minimum Gasteiger partial charge on any atom is -0.490 e. The second-order valence-electron chi connectivity index (χ2n) is 3.96. The maximum atomic E-state index is 13.8. The number of para-hydroxylation sites is 2. The van der Waals surface area contributed by atoms with Gasteiger partial charge in [-0.15, -0.1) is 0 Å². The molecule has 0 fully saturated rings. The smallest absolute Gasteiger partial charge is 0.169 e. The van der Waals surface area contributed by atoms with Gasteiger partial charge in [0.2, 0.25) is 0 Å². The lowest BCUT2D eigenvalue weighted by Gasteiger charge is -2.14. The van der Waals surface area contributed by atoms with E-state index in [1.165, 1.54) is 12.1 Å². The van der Waals surface area contributed by atoms with Crippen LogP contribution >= 0.6 is 12.2 Å². The van der Waals surface area contributed by atoms with E-state index in [4.69, 9.17) is 27.4 Å². The summed E-state index contributed by atoms with van der Waals surface area (Å²) in [5, 5.41) is 0. The Balaban J connectivity index is 2.40. The average molecular weight is 291 g/mol. The average Bonchev–Trinajstić information content (AvgIpc) is 2.41. The highest BCUT2D eigenvalue weighted by molar-refractivity contribution is 7.80. The molecule has 2 aromatic carbocycles. The monoisotopic (exact) mass is 291 g/mol. The highest BCUT2D eigenvalue weighted by atomic mass is 32.1. The first-order valence-corrected chi connectivity index (χ1v) is 6.52. The van der Waals surface area contributed by atoms with Gasteiger partial charge < -0.3 is 15.2 Å². The van der Waals surface area contributed by atoms with Crippen molar-refractivity contribution in [3.63, 3.8) is 0 Å². The van der Waals surface area contributed by atoms with Crippen LogP contribution in [0.3, 0.4) is 0 Å². The van der Waals surface area contributed by atoms with Crippen LogP contribution in [0.5, 0.6) is 17.2 Å². The summed E-state index contributed by atoms with van der Waals surface area (Å²) in [4.78, 5) is -0.0491. The van der Waals surface area contributed by atoms with Crippen LogP contribution in [0.1, 0.15) is 12.5 Å². The number of hydrogen-bond donors (Lipinski definition) is 1. The zero-order valence-electron chi connectivity index (χ0n) is 10.9. The van der Waals surface area contributed by atoms with Crippen molar-refractivity contribution in [1.82, 2.24) is 0 Å². The minimum absolute atomic E-state index is 0.0491. The molecular weight excluding hydrogens is 277 g/mol. The fourth-order valence-electron chi connectivity index (χ4n) is 1.76. The van der Waals surface area contributed by atoms with Crippen LogP contribution in [0.2, 0.25) is 0 Å². The Kier molecular flexibility index (Phi) is 4.53. The zero-order chi connectivity index (χ0) is 14.5. The number of halogens is 1. The van der Waals surface area contributed by atoms with Crippen molar-refractivity contribution in [3.05, 3.63) is 53.8 Å². The standard InChI is InChI=1S/C15H14FNO2S/c1-2-18-11-7-3-4-8-12(11)19-13-9-5-6-10(16)14(13)15(17)20/h3-9H,2H2,1H3,(H2,17,20). The lowest BCUT2D eigenvalue weighted by atomic mass is 10.2. The Bertz CT molecular complexity index is 631. The molecule has 2 N–H and O–H groups in total. The van der Waals surface area contributed by atoms with Gasteiger partial charge in [-0.2, -0.15) is 0 Å². The highest BCUT2D eigenvalue weighted by Crippen LogP contribution is 2.33. The van der Waals surface area contributed by atoms with Crippen LogP contribution in [0.4, 0.5) is 4.39 Å². The van der Waals surface area contributed by atoms with Gasteiger partial charge in [0, 0.05) is 0 Å². The van der Waals surface area contributed by atoms with E-state index in [0.717, 1.165) is 0 Å². The van der Waals surface area contributed by atoms with Crippen LogP contribution in [-0.2, 0) is 0 Å². The molecule has 2 aromatic rings. The van der Waals surface area contributed by atoms with E-state index < -0.39 is 5.82 Å². The van der Waals surface area contributed by atoms with Gasteiger partial charge in [-0.25, -0.2) is 4.39 Å². The van der Waals surface area contributed by atoms with Crippen molar-refractivity contribution in [1.29, 1.82) is 0 Å². The van der Waals surface area contributed by atoms with E-state index in [-0.39, 0.29) is 16.3 Å². The lowest BCUT2D eigenvalue weighted by Crippen LogP contribution is -2.13. The highest BCUT2D eigenvalue weighted by Gasteiger charge is 2.14. The van der Waals surface area contributed by atoms with Crippen molar-refractivity contribution in [3.8, 4) is 17.2 Å². The van der Waals surface area contributed by atoms with Gasteiger partial charge in [-0.1, -0.05) is 30.4 Å². The van der Waals surface area contributed by atoms with Crippen LogP contribution < -0.4 is 15.2 Å². The molecule has 0 heterocycles. The Morgan fingerprint density at radius 3 is 2.40 bits per heavy atom. The van der Waals surface area contributed by atoms with Crippen molar-refractivity contribution < 1.29 is 13.9 Å². The molecule has 0 bridgehead atoms. The molecule has 0 saturated carbocycles. The molecule has 104 valence electrons. The molecule has 2 rings (SSSR count). The number of nitrogens with two attached hydrogens (primary N) is 1. The molecule has 0 unspecified atom stereocenters. The van der Waals surface area contributed by atoms with E-state index in [1.54, 1.807) is 24.3 Å². The number of benzene rings is 2. The SMILES string of the molecule is CCOc1ccccc1Oc1cccc(F)c1C(N)=S. The molecule has 0 aliphatic carbocycles. The summed E-state index contributed by atoms with van der Waals surface area (Å²) in [6.45, 7) is 2.38. The van der Waals surface area contributed by atoms with Gasteiger partial charge in [0.15, 0.2) is 11.5 Å². The Morgan fingerprint density at radius 1 is 1.10 bits per heavy atom. The topological polar surface area (TPSA) is 44.5 Å². The quantitative estimate of drug-likeness (QED) is 0.854. The molecule has 0 aromatic heterocycles. The fourth-order valence-corrected chi connectivity index (χ4v) is 1.95. The van der Waals surface area contributed by atoms with Gasteiger partial charge in [0.25, 0.3) is 0 Å². The van der Waals surface area contributed by atoms with E-state index in [9.17, 15) is 4.39 Å². The Morgan fingerprint density at radius 2 is 1.75 bits per heavy atom. The Hall–Kier alpha value is -2.14. The van der Waals surface area contributed by atoms with Gasteiger partial charge in [-0.3, -0.25) is 0 Å². The van der Waals surface area contributed by atoms with E-state index in [1.807, 2.05) is 13.0 Å². The molecule has 0 spiro atoms. The second kappa shape index (κ2) is 6.34. The number of hydrogen-bond acceptors (Lipinski definition) is 3. The van der Waals surface area contributed by atoms with Crippen molar-refractivity contribution >= 4 is 17.2 Å². The number of ether oxygens (including phenoxy) is 2. The predicted octanol–water partition coefficient (Wildman–Crippen LogP) is 3.65. The molecule has 0 atom stereocenters. The maximum Gasteiger partial charge on any atom is 0.169 e. The lowest BCUT2D eigenvalue weighted by molar-refractivity contribution is 0.321. The van der Waals surface area contributed by atoms with E-state index >= 15 is 0 Å². The van der Waals surface area contributed by atoms with Gasteiger partial charge in [-0.05, 0) is 31.2 Å². The van der Waals surface area contributed by atoms with E-state index in [2.05, 4.69) is 0 Å². The molecule has 0 aliphatic heterocycles. The second-order valence-corrected chi connectivity index (χ2v) is 4.40. The first-order valence-electron chi connectivity index (χ1n) is 6.11. The largest absolute Gasteiger partial charge is 0.490 e. The molecule has 5 heteroatoms. The van der Waals surface area contributed by atoms with Crippen LogP contribution in [0, 0.1) is 5.82 Å². The third-order valence-corrected chi connectivity index (χ3v) is 2.79. The minimum atomic E-state index is -0.510. The van der Waals surface area contributed by atoms with Crippen LogP contribution in [0.15, 0.2) is 42.5 Å². The first-order chi connectivity index (χ1) is 9.63. The summed E-state index contributed by atoms with van der Waals surface area (Å²) in [7, 11) is 0. The summed E-state index contributed by atoms with van der Waals surface area (Å²) in [6.07, 6.45) is 0. The van der Waals surface area contributed by atoms with Crippen LogP contribution in [-0.4, -0.2) is 11.6 Å². The van der Waals surface area contributed by atoms with Crippen LogP contribution in [0.25, 0.3) is 0 Å². The molecule has 3 nitrogen and oxygen atoms in total. The molecule has 0 saturated heterocycles. The summed E-state index contributed by atoms with van der Waals surface area (Å²) in [5.74, 6) is 0.819. The first kappa shape index (κ1) is 14.3. The zero-order valence-corrected chi connectivity index (χ0v) is 11.7. The predicted molar refractivity (Wildman–Crippen MR) is 80.0 cm³/mol. The third-order valence-electron chi connectivity index (χ3n) is 2.59. The Labute approximate surface area is 122 Å².